The highest BCUT2D eigenvalue weighted by molar-refractivity contribution is 9.10. The van der Waals surface area contributed by atoms with Crippen molar-refractivity contribution in [2.45, 2.75) is 18.6 Å². The Morgan fingerprint density at radius 1 is 1.14 bits per heavy atom. The molecule has 148 valence electrons. The van der Waals surface area contributed by atoms with Crippen molar-refractivity contribution in [1.82, 2.24) is 0 Å². The molecule has 1 amide bonds. The number of nitriles is 1. The molecule has 2 aromatic rings. The summed E-state index contributed by atoms with van der Waals surface area (Å²) in [6, 6.07) is 16.8. The monoisotopic (exact) mass is 534 g/mol. The number of anilines is 1. The number of halogens is 2. The first-order valence-corrected chi connectivity index (χ1v) is 11.2. The van der Waals surface area contributed by atoms with Gasteiger partial charge in [-0.15, -0.1) is 0 Å². The first-order valence-electron chi connectivity index (χ1n) is 8.76. The highest BCUT2D eigenvalue weighted by atomic mass is 79.9. The SMILES string of the molecule is CCOC(=O)/C(C#N)=C1\S[C@H](Cc2ccc(Br)cc2)C(=O)N1c1ccc(Br)cc1. The van der Waals surface area contributed by atoms with E-state index in [1.807, 2.05) is 42.5 Å². The van der Waals surface area contributed by atoms with Crippen molar-refractivity contribution in [3.63, 3.8) is 0 Å². The lowest BCUT2D eigenvalue weighted by Crippen LogP contribution is -2.30. The highest BCUT2D eigenvalue weighted by Crippen LogP contribution is 2.42. The number of nitrogens with zero attached hydrogens (tertiary/aromatic N) is 2. The van der Waals surface area contributed by atoms with E-state index in [0.717, 1.165) is 14.5 Å². The van der Waals surface area contributed by atoms with Crippen LogP contribution in [-0.2, 0) is 20.7 Å². The van der Waals surface area contributed by atoms with Gasteiger partial charge in [-0.05, 0) is 55.3 Å². The van der Waals surface area contributed by atoms with Gasteiger partial charge in [-0.25, -0.2) is 4.79 Å². The van der Waals surface area contributed by atoms with Gasteiger partial charge in [-0.3, -0.25) is 9.69 Å². The number of carbonyl (C=O) groups is 2. The smallest absolute Gasteiger partial charge is 0.351 e. The third kappa shape index (κ3) is 4.92. The summed E-state index contributed by atoms with van der Waals surface area (Å²) in [4.78, 5) is 27.0. The number of rotatable bonds is 5. The van der Waals surface area contributed by atoms with Gasteiger partial charge in [0.1, 0.15) is 11.1 Å². The normalized spacial score (nSPS) is 17.8. The van der Waals surface area contributed by atoms with Crippen LogP contribution in [0.25, 0.3) is 0 Å². The van der Waals surface area contributed by atoms with E-state index in [4.69, 9.17) is 4.74 Å². The molecular formula is C21H16Br2N2O3S. The number of esters is 1. The molecule has 29 heavy (non-hydrogen) atoms. The highest BCUT2D eigenvalue weighted by Gasteiger charge is 2.41. The Hall–Kier alpha value is -2.08. The first-order chi connectivity index (χ1) is 13.9. The van der Waals surface area contributed by atoms with Crippen LogP contribution in [0.2, 0.25) is 0 Å². The molecular weight excluding hydrogens is 520 g/mol. The second-order valence-electron chi connectivity index (χ2n) is 6.10. The van der Waals surface area contributed by atoms with Gasteiger partial charge in [0.15, 0.2) is 5.57 Å². The predicted octanol–water partition coefficient (Wildman–Crippen LogP) is 5.20. The molecule has 1 atom stereocenters. The number of thioether (sulfide) groups is 1. The van der Waals surface area contributed by atoms with Crippen LogP contribution in [0.3, 0.4) is 0 Å². The minimum Gasteiger partial charge on any atom is -0.462 e. The lowest BCUT2D eigenvalue weighted by Gasteiger charge is -2.18. The molecule has 5 nitrogen and oxygen atoms in total. The molecule has 0 N–H and O–H groups in total. The van der Waals surface area contributed by atoms with Gasteiger partial charge >= 0.3 is 5.97 Å². The van der Waals surface area contributed by atoms with Crippen molar-refractivity contribution in [1.29, 1.82) is 5.26 Å². The van der Waals surface area contributed by atoms with Gasteiger partial charge in [0.05, 0.1) is 11.9 Å². The van der Waals surface area contributed by atoms with E-state index >= 15 is 0 Å². The van der Waals surface area contributed by atoms with E-state index in [9.17, 15) is 14.9 Å². The lowest BCUT2D eigenvalue weighted by atomic mass is 10.1. The van der Waals surface area contributed by atoms with Crippen LogP contribution < -0.4 is 4.90 Å². The van der Waals surface area contributed by atoms with Crippen LogP contribution in [-0.4, -0.2) is 23.7 Å². The van der Waals surface area contributed by atoms with Crippen molar-refractivity contribution in [3.05, 3.63) is 73.6 Å². The van der Waals surface area contributed by atoms with Gasteiger partial charge in [-0.2, -0.15) is 5.26 Å². The van der Waals surface area contributed by atoms with Gasteiger partial charge < -0.3 is 4.74 Å². The van der Waals surface area contributed by atoms with Gasteiger partial charge in [0, 0.05) is 14.6 Å². The maximum Gasteiger partial charge on any atom is 0.351 e. The summed E-state index contributed by atoms with van der Waals surface area (Å²) in [5.74, 6) is -0.899. The average molecular weight is 536 g/mol. The Balaban J connectivity index is 2.02. The molecule has 0 spiro atoms. The minimum absolute atomic E-state index is 0.149. The fraction of sp³-hybridized carbons (Fsp3) is 0.190. The molecule has 1 aliphatic heterocycles. The molecule has 0 aliphatic carbocycles. The molecule has 0 saturated carbocycles. The fourth-order valence-electron chi connectivity index (χ4n) is 2.83. The van der Waals surface area contributed by atoms with Crippen LogP contribution in [0.4, 0.5) is 5.69 Å². The van der Waals surface area contributed by atoms with Gasteiger partial charge in [0.25, 0.3) is 0 Å². The summed E-state index contributed by atoms with van der Waals surface area (Å²) in [7, 11) is 0. The molecule has 3 rings (SSSR count). The number of ether oxygens (including phenoxy) is 1. The summed E-state index contributed by atoms with van der Waals surface area (Å²) in [5, 5.41) is 9.47. The van der Waals surface area contributed by atoms with E-state index in [1.165, 1.54) is 16.7 Å². The zero-order valence-corrected chi connectivity index (χ0v) is 19.4. The number of hydrogen-bond donors (Lipinski definition) is 0. The number of hydrogen-bond acceptors (Lipinski definition) is 5. The number of amides is 1. The molecule has 0 aromatic heterocycles. The maximum atomic E-state index is 13.3. The van der Waals surface area contributed by atoms with Crippen LogP contribution in [0, 0.1) is 11.3 Å². The second kappa shape index (κ2) is 9.61. The summed E-state index contributed by atoms with van der Waals surface area (Å²) in [5.41, 5.74) is 1.42. The standard InChI is InChI=1S/C21H16Br2N2O3S/c1-2-28-21(27)17(12-24)20-25(16-9-7-15(23)8-10-16)19(26)18(29-20)11-13-3-5-14(22)6-4-13/h3-10,18H,2,11H2,1H3/b20-17-/t18-/m1/s1. The zero-order valence-electron chi connectivity index (χ0n) is 15.4. The third-order valence-corrected chi connectivity index (χ3v) is 6.50. The molecule has 0 radical (unpaired) electrons. The second-order valence-corrected chi connectivity index (χ2v) is 9.12. The average Bonchev–Trinajstić information content (AvgIpc) is 3.01. The van der Waals surface area contributed by atoms with Gasteiger partial charge in [0.2, 0.25) is 5.91 Å². The molecule has 8 heteroatoms. The van der Waals surface area contributed by atoms with Crippen molar-refractivity contribution in [3.8, 4) is 6.07 Å². The summed E-state index contributed by atoms with van der Waals surface area (Å²) < 4.78 is 6.85. The van der Waals surface area contributed by atoms with Crippen LogP contribution in [0.1, 0.15) is 12.5 Å². The zero-order chi connectivity index (χ0) is 21.0. The van der Waals surface area contributed by atoms with Crippen molar-refractivity contribution < 1.29 is 14.3 Å². The Kier molecular flexibility index (Phi) is 7.17. The number of benzene rings is 2. The Labute approximate surface area is 190 Å². The van der Waals surface area contributed by atoms with E-state index in [1.54, 1.807) is 19.1 Å². The topological polar surface area (TPSA) is 70.4 Å². The van der Waals surface area contributed by atoms with Crippen molar-refractivity contribution in [2.24, 2.45) is 0 Å². The Morgan fingerprint density at radius 3 is 2.28 bits per heavy atom. The summed E-state index contributed by atoms with van der Waals surface area (Å²) in [6.45, 7) is 1.82. The molecule has 1 fully saturated rings. The summed E-state index contributed by atoms with van der Waals surface area (Å²) >= 11 is 8.01. The van der Waals surface area contributed by atoms with Crippen LogP contribution in [0.15, 0.2) is 68.1 Å². The largest absolute Gasteiger partial charge is 0.462 e. The van der Waals surface area contributed by atoms with Crippen molar-refractivity contribution >= 4 is 61.2 Å². The quantitative estimate of drug-likeness (QED) is 0.299. The lowest BCUT2D eigenvalue weighted by molar-refractivity contribution is -0.138. The van der Waals surface area contributed by atoms with E-state index < -0.39 is 11.2 Å². The molecule has 1 saturated heterocycles. The Morgan fingerprint density at radius 2 is 1.72 bits per heavy atom. The molecule has 1 heterocycles. The molecule has 2 aromatic carbocycles. The van der Waals surface area contributed by atoms with Crippen LogP contribution in [0.5, 0.6) is 0 Å². The molecule has 1 aliphatic rings. The minimum atomic E-state index is -0.725. The van der Waals surface area contributed by atoms with Crippen LogP contribution >= 0.6 is 43.6 Å². The van der Waals surface area contributed by atoms with E-state index in [0.29, 0.717) is 17.1 Å². The molecule has 0 unspecified atom stereocenters. The number of carbonyl (C=O) groups excluding carboxylic acids is 2. The molecule has 0 bridgehead atoms. The third-order valence-electron chi connectivity index (χ3n) is 4.18. The Bertz CT molecular complexity index is 998. The van der Waals surface area contributed by atoms with Gasteiger partial charge in [-0.1, -0.05) is 55.8 Å². The summed E-state index contributed by atoms with van der Waals surface area (Å²) in [6.07, 6.45) is 0.481. The van der Waals surface area contributed by atoms with Crippen molar-refractivity contribution in [2.75, 3.05) is 11.5 Å². The van der Waals surface area contributed by atoms with E-state index in [-0.39, 0.29) is 18.1 Å². The van der Waals surface area contributed by atoms with E-state index in [2.05, 4.69) is 31.9 Å². The fourth-order valence-corrected chi connectivity index (χ4v) is 4.66. The maximum absolute atomic E-state index is 13.3. The first kappa shape index (κ1) is 21.6. The predicted molar refractivity (Wildman–Crippen MR) is 120 cm³/mol.